The number of nitriles is 1. The Morgan fingerprint density at radius 3 is 2.78 bits per heavy atom. The maximum absolute atomic E-state index is 15.8. The summed E-state index contributed by atoms with van der Waals surface area (Å²) in [4.78, 5) is 28.1. The fourth-order valence-electron chi connectivity index (χ4n) is 4.66. The molecule has 2 aromatic heterocycles. The lowest BCUT2D eigenvalue weighted by Gasteiger charge is -2.41. The van der Waals surface area contributed by atoms with E-state index in [1.807, 2.05) is 30.3 Å². The molecule has 1 fully saturated rings. The van der Waals surface area contributed by atoms with Crippen molar-refractivity contribution >= 4 is 33.4 Å². The number of hydrogen-bond acceptors (Lipinski definition) is 7. The van der Waals surface area contributed by atoms with Crippen LogP contribution in [-0.4, -0.2) is 56.5 Å². The standard InChI is InChI=1S/C26H20F2N6O2/c1-15(27)26(36)34-9-8-33(13-17(34)6-7-29)25-21-12-30-23(22(28)24(21)31-14-32-25)20-11-18(35)10-16-4-2-3-5-19(16)20/h2-5,10-12,14,17,35H,1,6,8-9,13H2/t17-/m0/s1. The molecule has 0 radical (unpaired) electrons. The van der Waals surface area contributed by atoms with Gasteiger partial charge in [0, 0.05) is 31.4 Å². The Labute approximate surface area is 204 Å². The van der Waals surface area contributed by atoms with Gasteiger partial charge in [-0.15, -0.1) is 0 Å². The highest BCUT2D eigenvalue weighted by atomic mass is 19.1. The van der Waals surface area contributed by atoms with Gasteiger partial charge >= 0.3 is 0 Å². The second kappa shape index (κ2) is 9.19. The first-order chi connectivity index (χ1) is 17.4. The number of fused-ring (bicyclic) bond motifs is 2. The van der Waals surface area contributed by atoms with Crippen LogP contribution in [0.3, 0.4) is 0 Å². The van der Waals surface area contributed by atoms with Gasteiger partial charge in [0.25, 0.3) is 5.91 Å². The fraction of sp³-hybridized carbons (Fsp3) is 0.192. The van der Waals surface area contributed by atoms with Gasteiger partial charge in [-0.3, -0.25) is 9.78 Å². The highest BCUT2D eigenvalue weighted by Crippen LogP contribution is 2.36. The molecule has 1 amide bonds. The van der Waals surface area contributed by atoms with Crippen LogP contribution in [0.1, 0.15) is 6.42 Å². The Kier molecular flexibility index (Phi) is 5.90. The SMILES string of the molecule is C=C(F)C(=O)N1CCN(c2ncnc3c(F)c(-c4cc(O)cc5ccccc45)ncc23)C[C@@H]1CC#N. The third-order valence-corrected chi connectivity index (χ3v) is 6.31. The molecule has 1 aliphatic rings. The molecule has 10 heteroatoms. The monoisotopic (exact) mass is 486 g/mol. The topological polar surface area (TPSA) is 106 Å². The molecule has 3 heterocycles. The number of aromatic nitrogens is 3. The van der Waals surface area contributed by atoms with Crippen LogP contribution in [-0.2, 0) is 4.79 Å². The zero-order valence-electron chi connectivity index (χ0n) is 19.0. The number of rotatable bonds is 4. The molecule has 0 unspecified atom stereocenters. The molecule has 0 aliphatic carbocycles. The Morgan fingerprint density at radius 1 is 1.19 bits per heavy atom. The van der Waals surface area contributed by atoms with Crippen LogP contribution >= 0.6 is 0 Å². The number of aromatic hydroxyl groups is 1. The van der Waals surface area contributed by atoms with E-state index in [1.165, 1.54) is 23.5 Å². The van der Waals surface area contributed by atoms with Gasteiger partial charge in [-0.05, 0) is 22.9 Å². The van der Waals surface area contributed by atoms with Crippen molar-refractivity contribution in [3.05, 3.63) is 67.1 Å². The number of phenolic OH excluding ortho intramolecular Hbond substituents is 1. The number of carbonyl (C=O) groups is 1. The van der Waals surface area contributed by atoms with E-state index in [0.29, 0.717) is 16.8 Å². The predicted octanol–water partition coefficient (Wildman–Crippen LogP) is 4.10. The average Bonchev–Trinajstić information content (AvgIpc) is 2.88. The molecular formula is C26H20F2N6O2. The van der Waals surface area contributed by atoms with Gasteiger partial charge in [-0.2, -0.15) is 5.26 Å². The smallest absolute Gasteiger partial charge is 0.282 e. The van der Waals surface area contributed by atoms with E-state index < -0.39 is 23.6 Å². The van der Waals surface area contributed by atoms with E-state index in [1.54, 1.807) is 11.0 Å². The Morgan fingerprint density at radius 2 is 2.00 bits per heavy atom. The first kappa shape index (κ1) is 23.1. The molecule has 4 aromatic rings. The number of nitrogens with zero attached hydrogens (tertiary/aromatic N) is 6. The van der Waals surface area contributed by atoms with Crippen molar-refractivity contribution in [2.24, 2.45) is 0 Å². The van der Waals surface area contributed by atoms with Crippen LogP contribution in [0.2, 0.25) is 0 Å². The van der Waals surface area contributed by atoms with E-state index >= 15 is 4.39 Å². The normalized spacial score (nSPS) is 15.8. The Bertz CT molecular complexity index is 1570. The second-order valence-electron chi connectivity index (χ2n) is 8.46. The van der Waals surface area contributed by atoms with Gasteiger partial charge in [0.1, 0.15) is 29.1 Å². The third kappa shape index (κ3) is 3.94. The molecular weight excluding hydrogens is 466 g/mol. The highest BCUT2D eigenvalue weighted by molar-refractivity contribution is 5.99. The fourth-order valence-corrected chi connectivity index (χ4v) is 4.66. The van der Waals surface area contributed by atoms with Crippen molar-refractivity contribution in [1.82, 2.24) is 19.9 Å². The highest BCUT2D eigenvalue weighted by Gasteiger charge is 2.33. The summed E-state index contributed by atoms with van der Waals surface area (Å²) in [6.07, 6.45) is 2.70. The number of benzene rings is 2. The molecule has 1 N–H and O–H groups in total. The van der Waals surface area contributed by atoms with Gasteiger partial charge in [0.15, 0.2) is 11.6 Å². The first-order valence-electron chi connectivity index (χ1n) is 11.2. The summed E-state index contributed by atoms with van der Waals surface area (Å²) in [5.74, 6) is -2.22. The second-order valence-corrected chi connectivity index (χ2v) is 8.46. The van der Waals surface area contributed by atoms with Crippen molar-refractivity contribution in [1.29, 1.82) is 5.26 Å². The summed E-state index contributed by atoms with van der Waals surface area (Å²) in [5.41, 5.74) is 0.515. The van der Waals surface area contributed by atoms with Crippen LogP contribution in [0.25, 0.3) is 32.9 Å². The van der Waals surface area contributed by atoms with E-state index in [4.69, 9.17) is 0 Å². The van der Waals surface area contributed by atoms with Gasteiger partial charge in [0.05, 0.1) is 23.9 Å². The van der Waals surface area contributed by atoms with Gasteiger partial charge in [0.2, 0.25) is 0 Å². The summed E-state index contributed by atoms with van der Waals surface area (Å²) >= 11 is 0. The van der Waals surface area contributed by atoms with Crippen LogP contribution in [0.4, 0.5) is 14.6 Å². The number of phenols is 1. The lowest BCUT2D eigenvalue weighted by molar-refractivity contribution is -0.131. The largest absolute Gasteiger partial charge is 0.508 e. The molecule has 180 valence electrons. The van der Waals surface area contributed by atoms with Gasteiger partial charge in [-0.1, -0.05) is 30.8 Å². The summed E-state index contributed by atoms with van der Waals surface area (Å²) in [5, 5.41) is 21.2. The minimum Gasteiger partial charge on any atom is -0.508 e. The maximum atomic E-state index is 15.8. The number of pyridine rings is 1. The Balaban J connectivity index is 1.56. The number of anilines is 1. The summed E-state index contributed by atoms with van der Waals surface area (Å²) in [6.45, 7) is 3.69. The van der Waals surface area contributed by atoms with E-state index in [9.17, 15) is 19.6 Å². The average molecular weight is 486 g/mol. The Hall–Kier alpha value is -4.65. The van der Waals surface area contributed by atoms with E-state index in [-0.39, 0.29) is 43.0 Å². The predicted molar refractivity (Wildman–Crippen MR) is 130 cm³/mol. The van der Waals surface area contributed by atoms with Crippen molar-refractivity contribution < 1.29 is 18.7 Å². The molecule has 1 atom stereocenters. The van der Waals surface area contributed by atoms with Crippen molar-refractivity contribution in [2.75, 3.05) is 24.5 Å². The van der Waals surface area contributed by atoms with Crippen molar-refractivity contribution in [3.8, 4) is 23.1 Å². The summed E-state index contributed by atoms with van der Waals surface area (Å²) < 4.78 is 29.3. The quantitative estimate of drug-likeness (QED) is 0.433. The lowest BCUT2D eigenvalue weighted by atomic mass is 10.00. The van der Waals surface area contributed by atoms with Crippen LogP contribution in [0, 0.1) is 17.1 Å². The molecule has 36 heavy (non-hydrogen) atoms. The van der Waals surface area contributed by atoms with Crippen LogP contribution in [0.15, 0.2) is 61.3 Å². The molecule has 2 aromatic carbocycles. The maximum Gasteiger partial charge on any atom is 0.282 e. The molecule has 0 bridgehead atoms. The third-order valence-electron chi connectivity index (χ3n) is 6.31. The lowest BCUT2D eigenvalue weighted by Crippen LogP contribution is -2.55. The molecule has 0 spiro atoms. The number of hydrogen-bond donors (Lipinski definition) is 1. The number of amides is 1. The van der Waals surface area contributed by atoms with Gasteiger partial charge < -0.3 is 14.9 Å². The molecule has 0 saturated carbocycles. The van der Waals surface area contributed by atoms with Crippen molar-refractivity contribution in [2.45, 2.75) is 12.5 Å². The van der Waals surface area contributed by atoms with Crippen LogP contribution < -0.4 is 4.90 Å². The first-order valence-corrected chi connectivity index (χ1v) is 11.2. The van der Waals surface area contributed by atoms with Gasteiger partial charge in [-0.25, -0.2) is 18.7 Å². The molecule has 1 saturated heterocycles. The van der Waals surface area contributed by atoms with E-state index in [2.05, 4.69) is 21.5 Å². The number of halogens is 2. The zero-order valence-corrected chi connectivity index (χ0v) is 19.0. The van der Waals surface area contributed by atoms with E-state index in [0.717, 1.165) is 10.8 Å². The minimum absolute atomic E-state index is 0.0136. The zero-order chi connectivity index (χ0) is 25.4. The van der Waals surface area contributed by atoms with Crippen LogP contribution in [0.5, 0.6) is 5.75 Å². The summed E-state index contributed by atoms with van der Waals surface area (Å²) in [7, 11) is 0. The molecule has 1 aliphatic heterocycles. The number of carbonyl (C=O) groups excluding carboxylic acids is 1. The minimum atomic E-state index is -1.09. The number of piperazine rings is 1. The van der Waals surface area contributed by atoms with Crippen molar-refractivity contribution in [3.63, 3.8) is 0 Å². The summed E-state index contributed by atoms with van der Waals surface area (Å²) in [6, 6.07) is 11.8. The molecule has 5 rings (SSSR count). The molecule has 8 nitrogen and oxygen atoms in total.